The lowest BCUT2D eigenvalue weighted by Gasteiger charge is -2.28. The van der Waals surface area contributed by atoms with Crippen LogP contribution in [0.15, 0.2) is 29.3 Å². The van der Waals surface area contributed by atoms with Crippen molar-refractivity contribution in [3.63, 3.8) is 0 Å². The molecule has 0 aromatic heterocycles. The fourth-order valence-corrected chi connectivity index (χ4v) is 2.17. The van der Waals surface area contributed by atoms with Gasteiger partial charge in [0.15, 0.2) is 0 Å². The molecule has 0 saturated carbocycles. The first-order valence-electron chi connectivity index (χ1n) is 5.48. The van der Waals surface area contributed by atoms with Crippen molar-refractivity contribution in [1.82, 2.24) is 10.6 Å². The van der Waals surface area contributed by atoms with Crippen molar-refractivity contribution in [3.8, 4) is 0 Å². The standard InChI is InChI=1S/C12H11N3O2/c16-10-11(17)15-12(14-10)13-6-8-5-7-3-1-2-4-9(7)8/h1-4,8H,5-6H2,(H2,13,14,15,16,17). The van der Waals surface area contributed by atoms with Crippen LogP contribution < -0.4 is 10.6 Å². The molecule has 5 nitrogen and oxygen atoms in total. The van der Waals surface area contributed by atoms with Crippen molar-refractivity contribution in [3.05, 3.63) is 35.4 Å². The summed E-state index contributed by atoms with van der Waals surface area (Å²) in [6.45, 7) is 0.590. The summed E-state index contributed by atoms with van der Waals surface area (Å²) in [7, 11) is 0. The summed E-state index contributed by atoms with van der Waals surface area (Å²) in [5.74, 6) is -0.618. The van der Waals surface area contributed by atoms with Crippen LogP contribution in [-0.2, 0) is 16.0 Å². The Hall–Kier alpha value is -2.17. The second kappa shape index (κ2) is 3.69. The highest BCUT2D eigenvalue weighted by Crippen LogP contribution is 2.34. The number of guanidine groups is 1. The molecule has 1 aliphatic heterocycles. The van der Waals surface area contributed by atoms with E-state index in [0.29, 0.717) is 12.5 Å². The number of amides is 2. The van der Waals surface area contributed by atoms with Gasteiger partial charge in [0.2, 0.25) is 5.96 Å². The van der Waals surface area contributed by atoms with Crippen LogP contribution in [0.2, 0.25) is 0 Å². The average molecular weight is 229 g/mol. The van der Waals surface area contributed by atoms with Crippen LogP contribution in [0.1, 0.15) is 17.0 Å². The number of nitrogens with zero attached hydrogens (tertiary/aromatic N) is 1. The molecule has 17 heavy (non-hydrogen) atoms. The van der Waals surface area contributed by atoms with Crippen molar-refractivity contribution >= 4 is 17.8 Å². The van der Waals surface area contributed by atoms with Crippen molar-refractivity contribution in [1.29, 1.82) is 0 Å². The largest absolute Gasteiger partial charge is 0.316 e. The molecule has 0 bridgehead atoms. The number of rotatable bonds is 2. The van der Waals surface area contributed by atoms with Gasteiger partial charge in [-0.1, -0.05) is 24.3 Å². The molecule has 3 rings (SSSR count). The lowest BCUT2D eigenvalue weighted by molar-refractivity contribution is -0.135. The van der Waals surface area contributed by atoms with Gasteiger partial charge in [-0.05, 0) is 17.5 Å². The molecule has 1 unspecified atom stereocenters. The normalized spacial score (nSPS) is 21.4. The first kappa shape index (κ1) is 10.0. The molecule has 2 aliphatic rings. The lowest BCUT2D eigenvalue weighted by atomic mass is 9.78. The summed E-state index contributed by atoms with van der Waals surface area (Å²) < 4.78 is 0. The highest BCUT2D eigenvalue weighted by molar-refractivity contribution is 6.45. The zero-order valence-corrected chi connectivity index (χ0v) is 9.06. The van der Waals surface area contributed by atoms with E-state index < -0.39 is 11.8 Å². The van der Waals surface area contributed by atoms with Gasteiger partial charge in [0.1, 0.15) is 0 Å². The Labute approximate surface area is 97.9 Å². The van der Waals surface area contributed by atoms with Crippen LogP contribution in [-0.4, -0.2) is 24.3 Å². The maximum atomic E-state index is 10.9. The van der Waals surface area contributed by atoms with Gasteiger partial charge >= 0.3 is 11.8 Å². The Morgan fingerprint density at radius 3 is 2.59 bits per heavy atom. The van der Waals surface area contributed by atoms with E-state index in [2.05, 4.69) is 27.8 Å². The third kappa shape index (κ3) is 1.69. The van der Waals surface area contributed by atoms with Crippen molar-refractivity contribution in [2.24, 2.45) is 4.99 Å². The summed E-state index contributed by atoms with van der Waals surface area (Å²) >= 11 is 0. The SMILES string of the molecule is O=C1NC(=NCC2Cc3ccccc32)NC1=O. The number of benzene rings is 1. The van der Waals surface area contributed by atoms with Crippen molar-refractivity contribution in [2.75, 3.05) is 6.54 Å². The number of aliphatic imine (C=N–C) groups is 1. The Bertz CT molecular complexity index is 518. The number of hydrogen-bond donors (Lipinski definition) is 2. The Kier molecular flexibility index (Phi) is 2.18. The van der Waals surface area contributed by atoms with Gasteiger partial charge in [-0.15, -0.1) is 0 Å². The average Bonchev–Trinajstić information content (AvgIpc) is 2.60. The summed E-state index contributed by atoms with van der Waals surface area (Å²) in [6.07, 6.45) is 1.01. The summed E-state index contributed by atoms with van der Waals surface area (Å²) in [5, 5.41) is 4.76. The molecular weight excluding hydrogens is 218 g/mol. The number of hydrogen-bond acceptors (Lipinski definition) is 3. The van der Waals surface area contributed by atoms with E-state index in [1.807, 2.05) is 12.1 Å². The molecule has 0 radical (unpaired) electrons. The second-order valence-electron chi connectivity index (χ2n) is 4.20. The predicted octanol–water partition coefficient (Wildman–Crippen LogP) is -0.0717. The van der Waals surface area contributed by atoms with E-state index in [-0.39, 0.29) is 5.96 Å². The number of fused-ring (bicyclic) bond motifs is 1. The number of nitrogens with one attached hydrogen (secondary N) is 2. The number of carbonyl (C=O) groups excluding carboxylic acids is 2. The van der Waals surface area contributed by atoms with E-state index in [9.17, 15) is 9.59 Å². The van der Waals surface area contributed by atoms with Gasteiger partial charge in [0.05, 0.1) is 0 Å². The van der Waals surface area contributed by atoms with Crippen LogP contribution in [0, 0.1) is 0 Å². The van der Waals surface area contributed by atoms with E-state index in [1.165, 1.54) is 11.1 Å². The first-order chi connectivity index (χ1) is 8.24. The van der Waals surface area contributed by atoms with E-state index in [0.717, 1.165) is 6.42 Å². The van der Waals surface area contributed by atoms with E-state index in [1.54, 1.807) is 0 Å². The minimum Gasteiger partial charge on any atom is -0.288 e. The third-order valence-electron chi connectivity index (χ3n) is 3.10. The molecule has 5 heteroatoms. The highest BCUT2D eigenvalue weighted by atomic mass is 16.2. The van der Waals surface area contributed by atoms with Gasteiger partial charge in [-0.3, -0.25) is 25.2 Å². The zero-order chi connectivity index (χ0) is 11.8. The van der Waals surface area contributed by atoms with Crippen LogP contribution in [0.4, 0.5) is 0 Å². The molecule has 2 amide bonds. The molecule has 1 aromatic rings. The maximum absolute atomic E-state index is 10.9. The lowest BCUT2D eigenvalue weighted by Crippen LogP contribution is -2.28. The monoisotopic (exact) mass is 229 g/mol. The van der Waals surface area contributed by atoms with Gasteiger partial charge in [-0.2, -0.15) is 0 Å². The van der Waals surface area contributed by atoms with Crippen LogP contribution >= 0.6 is 0 Å². The fraction of sp³-hybridized carbons (Fsp3) is 0.250. The van der Waals surface area contributed by atoms with Crippen LogP contribution in [0.5, 0.6) is 0 Å². The first-order valence-corrected chi connectivity index (χ1v) is 5.48. The predicted molar refractivity (Wildman–Crippen MR) is 61.5 cm³/mol. The minimum atomic E-state index is -0.641. The van der Waals surface area contributed by atoms with E-state index >= 15 is 0 Å². The topological polar surface area (TPSA) is 70.6 Å². The summed E-state index contributed by atoms with van der Waals surface area (Å²) in [6, 6.07) is 8.24. The van der Waals surface area contributed by atoms with E-state index in [4.69, 9.17) is 0 Å². The van der Waals surface area contributed by atoms with Crippen molar-refractivity contribution in [2.45, 2.75) is 12.3 Å². The molecule has 1 heterocycles. The van der Waals surface area contributed by atoms with Gasteiger partial charge < -0.3 is 0 Å². The Morgan fingerprint density at radius 1 is 1.18 bits per heavy atom. The molecule has 1 saturated heterocycles. The molecule has 86 valence electrons. The van der Waals surface area contributed by atoms with Gasteiger partial charge in [0, 0.05) is 12.5 Å². The molecule has 1 fully saturated rings. The fourth-order valence-electron chi connectivity index (χ4n) is 2.17. The summed E-state index contributed by atoms with van der Waals surface area (Å²) in [5.41, 5.74) is 2.67. The maximum Gasteiger partial charge on any atom is 0.316 e. The van der Waals surface area contributed by atoms with Crippen LogP contribution in [0.25, 0.3) is 0 Å². The number of carbonyl (C=O) groups is 2. The second-order valence-corrected chi connectivity index (χ2v) is 4.20. The molecular formula is C12H11N3O2. The molecule has 1 aromatic carbocycles. The van der Waals surface area contributed by atoms with Crippen molar-refractivity contribution < 1.29 is 9.59 Å². The quantitative estimate of drug-likeness (QED) is 0.697. The summed E-state index contributed by atoms with van der Waals surface area (Å²) in [4.78, 5) is 26.0. The highest BCUT2D eigenvalue weighted by Gasteiger charge is 2.28. The third-order valence-corrected chi connectivity index (χ3v) is 3.10. The smallest absolute Gasteiger partial charge is 0.288 e. The molecule has 2 N–H and O–H groups in total. The van der Waals surface area contributed by atoms with Crippen LogP contribution in [0.3, 0.4) is 0 Å². The van der Waals surface area contributed by atoms with Gasteiger partial charge in [0.25, 0.3) is 0 Å². The van der Waals surface area contributed by atoms with Gasteiger partial charge in [-0.25, -0.2) is 0 Å². The molecule has 0 spiro atoms. The Balaban J connectivity index is 1.66. The Morgan fingerprint density at radius 2 is 1.88 bits per heavy atom. The minimum absolute atomic E-state index is 0.268. The molecule has 1 atom stereocenters. The molecule has 1 aliphatic carbocycles. The zero-order valence-electron chi connectivity index (χ0n) is 9.06.